The second-order valence-corrected chi connectivity index (χ2v) is 8.91. The lowest BCUT2D eigenvalue weighted by atomic mass is 10.1. The van der Waals surface area contributed by atoms with Crippen LogP contribution in [0.3, 0.4) is 0 Å². The Balaban J connectivity index is 1.09. The largest absolute Gasteiger partial charge is 0.573 e. The topological polar surface area (TPSA) is 138 Å². The fourth-order valence-corrected chi connectivity index (χ4v) is 4.74. The molecule has 192 valence electrons. The number of hydrogen-bond donors (Lipinski definition) is 2. The molecule has 2 aromatic carbocycles. The summed E-state index contributed by atoms with van der Waals surface area (Å²) in [6.45, 7) is 0.977. The van der Waals surface area contributed by atoms with E-state index >= 15 is 0 Å². The lowest BCUT2D eigenvalue weighted by molar-refractivity contribution is -0.274. The normalized spacial score (nSPS) is 20.3. The molecule has 0 spiro atoms. The molecule has 1 aromatic heterocycles. The number of halogens is 3. The summed E-state index contributed by atoms with van der Waals surface area (Å²) in [5, 5.41) is 11.9. The molecule has 13 heteroatoms. The molecule has 2 heterocycles. The predicted octanol–water partition coefficient (Wildman–Crippen LogP) is 3.14. The van der Waals surface area contributed by atoms with Gasteiger partial charge in [0.1, 0.15) is 12.4 Å². The maximum absolute atomic E-state index is 12.5. The Morgan fingerprint density at radius 1 is 1.19 bits per heavy atom. The molecular formula is C24H19F3N4O6. The van der Waals surface area contributed by atoms with Gasteiger partial charge in [0.2, 0.25) is 0 Å². The highest BCUT2D eigenvalue weighted by atomic mass is 19.4. The molecule has 1 aliphatic carbocycles. The van der Waals surface area contributed by atoms with Crippen LogP contribution in [0, 0.1) is 29.1 Å². The number of amides is 2. The van der Waals surface area contributed by atoms with Crippen LogP contribution in [0.15, 0.2) is 45.6 Å². The highest BCUT2D eigenvalue weighted by Crippen LogP contribution is 2.51. The molecule has 3 aromatic rings. The minimum atomic E-state index is -4.91. The number of piperidine rings is 1. The van der Waals surface area contributed by atoms with Gasteiger partial charge in [-0.3, -0.25) is 9.78 Å². The van der Waals surface area contributed by atoms with E-state index in [9.17, 15) is 27.6 Å². The van der Waals surface area contributed by atoms with Crippen molar-refractivity contribution in [3.8, 4) is 11.8 Å². The first-order valence-electron chi connectivity index (χ1n) is 11.2. The second-order valence-electron chi connectivity index (χ2n) is 8.91. The molecule has 0 radical (unpaired) electrons. The molecule has 2 N–H and O–H groups in total. The predicted molar refractivity (Wildman–Crippen MR) is 119 cm³/mol. The summed E-state index contributed by atoms with van der Waals surface area (Å²) in [5.74, 6) is -0.866. The molecule has 2 amide bonds. The number of hydrogen-bond acceptors (Lipinski definition) is 7. The number of nitrogens with zero attached hydrogens (tertiary/aromatic N) is 2. The van der Waals surface area contributed by atoms with E-state index in [-0.39, 0.29) is 41.4 Å². The van der Waals surface area contributed by atoms with Crippen LogP contribution in [0.2, 0.25) is 0 Å². The van der Waals surface area contributed by atoms with Crippen molar-refractivity contribution in [1.29, 1.82) is 5.26 Å². The first kappa shape index (κ1) is 24.2. The molecule has 1 unspecified atom stereocenters. The zero-order valence-corrected chi connectivity index (χ0v) is 19.0. The summed E-state index contributed by atoms with van der Waals surface area (Å²) in [5.41, 5.74) is 1.28. The van der Waals surface area contributed by atoms with E-state index in [2.05, 4.69) is 15.0 Å². The van der Waals surface area contributed by atoms with E-state index in [1.807, 2.05) is 0 Å². The van der Waals surface area contributed by atoms with Gasteiger partial charge < -0.3 is 24.1 Å². The highest BCUT2D eigenvalue weighted by molar-refractivity contribution is 5.97. The number of benzene rings is 2. The lowest BCUT2D eigenvalue weighted by Crippen LogP contribution is -2.34. The van der Waals surface area contributed by atoms with E-state index in [1.54, 1.807) is 18.2 Å². The summed E-state index contributed by atoms with van der Waals surface area (Å²) in [7, 11) is 0. The van der Waals surface area contributed by atoms with Gasteiger partial charge in [-0.15, -0.1) is 13.2 Å². The summed E-state index contributed by atoms with van der Waals surface area (Å²) in [6.07, 6.45) is -5.53. The van der Waals surface area contributed by atoms with Crippen molar-refractivity contribution in [3.63, 3.8) is 0 Å². The number of alkyl halides is 3. The Morgan fingerprint density at radius 3 is 2.65 bits per heavy atom. The zero-order chi connectivity index (χ0) is 26.3. The lowest BCUT2D eigenvalue weighted by Gasteiger charge is -2.20. The SMILES string of the molecule is N#Cc1cc(COC(=O)N2C[C@@H]3C(CNC(=O)c4ccc5[nH]c(=O)oc5c4)[C@@H]3C2)cc(OC(F)(F)F)c1. The number of oxazole rings is 1. The van der Waals surface area contributed by atoms with Gasteiger partial charge in [-0.1, -0.05) is 0 Å². The van der Waals surface area contributed by atoms with Crippen molar-refractivity contribution >= 4 is 23.1 Å². The number of nitriles is 1. The minimum Gasteiger partial charge on any atom is -0.445 e. The van der Waals surface area contributed by atoms with Crippen LogP contribution in [-0.4, -0.2) is 47.9 Å². The summed E-state index contributed by atoms with van der Waals surface area (Å²) >= 11 is 0. The van der Waals surface area contributed by atoms with E-state index in [0.29, 0.717) is 36.3 Å². The molecule has 10 nitrogen and oxygen atoms in total. The van der Waals surface area contributed by atoms with Crippen LogP contribution >= 0.6 is 0 Å². The number of fused-ring (bicyclic) bond motifs is 2. The fourth-order valence-electron chi connectivity index (χ4n) is 4.74. The van der Waals surface area contributed by atoms with E-state index in [4.69, 9.17) is 14.4 Å². The molecule has 0 bridgehead atoms. The van der Waals surface area contributed by atoms with Crippen molar-refractivity contribution in [3.05, 3.63) is 63.6 Å². The van der Waals surface area contributed by atoms with E-state index < -0.39 is 24.0 Å². The summed E-state index contributed by atoms with van der Waals surface area (Å²) in [4.78, 5) is 40.2. The summed E-state index contributed by atoms with van der Waals surface area (Å²) in [6, 6.07) is 9.72. The first-order valence-corrected chi connectivity index (χ1v) is 11.2. The minimum absolute atomic E-state index is 0.0577. The molecule has 3 atom stereocenters. The number of aromatic nitrogens is 1. The standard InChI is InChI=1S/C24H19F3N4O6/c25-24(26,27)37-15-4-12(7-28)3-13(5-15)11-35-23(34)31-9-17-16(18(17)10-31)8-29-21(32)14-1-2-19-20(6-14)36-22(33)30-19/h1-6,16-18H,8-11H2,(H,29,32)(H,30,33)/t16?,17-,18+. The highest BCUT2D eigenvalue weighted by Gasteiger charge is 2.56. The van der Waals surface area contributed by atoms with Gasteiger partial charge in [-0.05, 0) is 59.7 Å². The molecule has 2 fully saturated rings. The number of nitrogens with one attached hydrogen (secondary N) is 2. The third kappa shape index (κ3) is 5.37. The number of carbonyl (C=O) groups excluding carboxylic acids is 2. The first-order chi connectivity index (χ1) is 17.6. The third-order valence-corrected chi connectivity index (χ3v) is 6.50. The molecule has 5 rings (SSSR count). The number of likely N-dealkylation sites (tertiary alicyclic amines) is 1. The molecular weight excluding hydrogens is 497 g/mol. The van der Waals surface area contributed by atoms with Crippen LogP contribution in [0.4, 0.5) is 18.0 Å². The zero-order valence-electron chi connectivity index (χ0n) is 19.0. The van der Waals surface area contributed by atoms with Gasteiger partial charge in [0.25, 0.3) is 5.91 Å². The van der Waals surface area contributed by atoms with Crippen molar-refractivity contribution in [1.82, 2.24) is 15.2 Å². The number of ether oxygens (including phenoxy) is 2. The molecule has 1 saturated heterocycles. The van der Waals surface area contributed by atoms with E-state index in [0.717, 1.165) is 12.1 Å². The third-order valence-electron chi connectivity index (χ3n) is 6.50. The Kier molecular flexibility index (Phi) is 6.02. The second kappa shape index (κ2) is 9.20. The van der Waals surface area contributed by atoms with Crippen molar-refractivity contribution in [2.45, 2.75) is 13.0 Å². The molecule has 37 heavy (non-hydrogen) atoms. The van der Waals surface area contributed by atoms with Crippen LogP contribution in [0.1, 0.15) is 21.5 Å². The number of H-pyrrole nitrogens is 1. The molecule has 1 saturated carbocycles. The van der Waals surface area contributed by atoms with E-state index in [1.165, 1.54) is 17.0 Å². The van der Waals surface area contributed by atoms with Crippen LogP contribution in [0.5, 0.6) is 5.75 Å². The Hall–Kier alpha value is -4.47. The quantitative estimate of drug-likeness (QED) is 0.513. The summed E-state index contributed by atoms with van der Waals surface area (Å²) < 4.78 is 51.6. The maximum Gasteiger partial charge on any atom is 0.573 e. The van der Waals surface area contributed by atoms with Gasteiger partial charge in [0, 0.05) is 25.2 Å². The van der Waals surface area contributed by atoms with Crippen molar-refractivity contribution in [2.24, 2.45) is 17.8 Å². The van der Waals surface area contributed by atoms with Crippen LogP contribution in [0.25, 0.3) is 11.1 Å². The Labute approximate surface area is 206 Å². The van der Waals surface area contributed by atoms with Gasteiger partial charge >= 0.3 is 18.2 Å². The number of carbonyl (C=O) groups is 2. The Morgan fingerprint density at radius 2 is 1.95 bits per heavy atom. The van der Waals surface area contributed by atoms with Crippen LogP contribution < -0.4 is 15.8 Å². The van der Waals surface area contributed by atoms with Crippen molar-refractivity contribution < 1.29 is 36.7 Å². The molecule has 1 aliphatic heterocycles. The monoisotopic (exact) mass is 516 g/mol. The maximum atomic E-state index is 12.5. The van der Waals surface area contributed by atoms with Gasteiger partial charge in [-0.25, -0.2) is 9.59 Å². The van der Waals surface area contributed by atoms with Crippen molar-refractivity contribution in [2.75, 3.05) is 19.6 Å². The van der Waals surface area contributed by atoms with Gasteiger partial charge in [-0.2, -0.15) is 5.26 Å². The van der Waals surface area contributed by atoms with Gasteiger partial charge in [0.05, 0.1) is 17.1 Å². The number of rotatable bonds is 6. The average Bonchev–Trinajstić information content (AvgIpc) is 3.15. The van der Waals surface area contributed by atoms with Crippen LogP contribution in [-0.2, 0) is 11.3 Å². The fraction of sp³-hybridized carbons (Fsp3) is 0.333. The van der Waals surface area contributed by atoms with Gasteiger partial charge in [0.15, 0.2) is 5.58 Å². The molecule has 2 aliphatic rings. The smallest absolute Gasteiger partial charge is 0.445 e. The Bertz CT molecular complexity index is 1460. The number of aromatic amines is 1. The average molecular weight is 516 g/mol.